The van der Waals surface area contributed by atoms with Crippen molar-refractivity contribution < 1.29 is 9.59 Å². The topological polar surface area (TPSA) is 76.9 Å². The van der Waals surface area contributed by atoms with E-state index in [1.54, 1.807) is 24.3 Å². The van der Waals surface area contributed by atoms with Gasteiger partial charge in [0.2, 0.25) is 5.91 Å². The Morgan fingerprint density at radius 3 is 2.45 bits per heavy atom. The molecule has 0 spiro atoms. The second-order valence-corrected chi connectivity index (χ2v) is 8.46. The number of Topliss-reactive ketones (excluding diaryl/α,β-unsaturated/α-hetero) is 1. The summed E-state index contributed by atoms with van der Waals surface area (Å²) < 4.78 is 2.81. The van der Waals surface area contributed by atoms with Gasteiger partial charge in [-0.2, -0.15) is 0 Å². The Bertz CT molecular complexity index is 1010. The summed E-state index contributed by atoms with van der Waals surface area (Å²) in [5, 5.41) is 12.5. The average molecular weight is 494 g/mol. The largest absolute Gasteiger partial charge is 0.356 e. The van der Waals surface area contributed by atoms with Crippen LogP contribution in [-0.2, 0) is 11.2 Å². The zero-order valence-corrected chi connectivity index (χ0v) is 18.7. The second kappa shape index (κ2) is 10.0. The van der Waals surface area contributed by atoms with Crippen LogP contribution in [0.25, 0.3) is 5.69 Å². The molecule has 1 amide bonds. The van der Waals surface area contributed by atoms with Crippen LogP contribution in [0, 0.1) is 0 Å². The third-order valence-electron chi connectivity index (χ3n) is 4.01. The van der Waals surface area contributed by atoms with Crippen LogP contribution >= 0.6 is 39.3 Å². The van der Waals surface area contributed by atoms with E-state index in [2.05, 4.69) is 31.4 Å². The second-order valence-electron chi connectivity index (χ2n) is 6.16. The van der Waals surface area contributed by atoms with E-state index in [-0.39, 0.29) is 17.4 Å². The van der Waals surface area contributed by atoms with Crippen molar-refractivity contribution in [3.05, 3.63) is 69.4 Å². The molecule has 0 saturated heterocycles. The highest BCUT2D eigenvalue weighted by Gasteiger charge is 2.16. The van der Waals surface area contributed by atoms with Gasteiger partial charge in [0.1, 0.15) is 5.82 Å². The Labute approximate surface area is 186 Å². The lowest BCUT2D eigenvalue weighted by Gasteiger charge is -2.10. The van der Waals surface area contributed by atoms with Gasteiger partial charge in [-0.3, -0.25) is 14.2 Å². The summed E-state index contributed by atoms with van der Waals surface area (Å²) in [6, 6.07) is 14.6. The smallest absolute Gasteiger partial charge is 0.216 e. The number of carbonyl (C=O) groups is 2. The highest BCUT2D eigenvalue weighted by atomic mass is 79.9. The van der Waals surface area contributed by atoms with E-state index in [1.807, 2.05) is 28.8 Å². The molecule has 9 heteroatoms. The van der Waals surface area contributed by atoms with Gasteiger partial charge in [-0.25, -0.2) is 0 Å². The summed E-state index contributed by atoms with van der Waals surface area (Å²) in [5.41, 5.74) is 1.49. The van der Waals surface area contributed by atoms with E-state index in [4.69, 9.17) is 11.6 Å². The minimum Gasteiger partial charge on any atom is -0.356 e. The minimum atomic E-state index is -0.0998. The summed E-state index contributed by atoms with van der Waals surface area (Å²) in [6.07, 6.45) is 0.510. The van der Waals surface area contributed by atoms with E-state index in [1.165, 1.54) is 18.7 Å². The molecule has 0 radical (unpaired) electrons. The van der Waals surface area contributed by atoms with Crippen LogP contribution < -0.4 is 5.32 Å². The number of rotatable bonds is 8. The predicted octanol–water partition coefficient (Wildman–Crippen LogP) is 4.34. The van der Waals surface area contributed by atoms with Crippen LogP contribution in [0.5, 0.6) is 0 Å². The van der Waals surface area contributed by atoms with Crippen molar-refractivity contribution in [3.63, 3.8) is 0 Å². The molecule has 0 bridgehead atoms. The molecule has 1 heterocycles. The van der Waals surface area contributed by atoms with Crippen molar-refractivity contribution in [1.82, 2.24) is 20.1 Å². The number of amides is 1. The van der Waals surface area contributed by atoms with Crippen LogP contribution in [-0.4, -0.2) is 38.8 Å². The van der Waals surface area contributed by atoms with E-state index in [0.29, 0.717) is 34.5 Å². The highest BCUT2D eigenvalue weighted by molar-refractivity contribution is 9.10. The molecule has 150 valence electrons. The number of benzene rings is 2. The maximum atomic E-state index is 12.5. The summed E-state index contributed by atoms with van der Waals surface area (Å²) in [4.78, 5) is 23.7. The number of hydrogen-bond donors (Lipinski definition) is 1. The molecule has 6 nitrogen and oxygen atoms in total. The van der Waals surface area contributed by atoms with Crippen molar-refractivity contribution in [2.45, 2.75) is 18.5 Å². The number of nitrogens with one attached hydrogen (secondary N) is 1. The van der Waals surface area contributed by atoms with E-state index >= 15 is 0 Å². The molecule has 0 unspecified atom stereocenters. The Morgan fingerprint density at radius 2 is 1.79 bits per heavy atom. The van der Waals surface area contributed by atoms with Gasteiger partial charge in [0.25, 0.3) is 0 Å². The lowest BCUT2D eigenvalue weighted by Crippen LogP contribution is -2.23. The molecule has 0 fully saturated rings. The first-order chi connectivity index (χ1) is 13.9. The van der Waals surface area contributed by atoms with Gasteiger partial charge in [0.05, 0.1) is 5.75 Å². The van der Waals surface area contributed by atoms with Gasteiger partial charge in [-0.1, -0.05) is 51.4 Å². The number of carbonyl (C=O) groups excluding carboxylic acids is 2. The first-order valence-electron chi connectivity index (χ1n) is 8.80. The molecule has 0 aliphatic carbocycles. The van der Waals surface area contributed by atoms with Crippen LogP contribution in [0.3, 0.4) is 0 Å². The quantitative estimate of drug-likeness (QED) is 0.373. The molecule has 0 aliphatic rings. The number of halogens is 2. The Balaban J connectivity index is 1.80. The lowest BCUT2D eigenvalue weighted by molar-refractivity contribution is -0.118. The van der Waals surface area contributed by atoms with Crippen molar-refractivity contribution >= 4 is 51.0 Å². The summed E-state index contributed by atoms with van der Waals surface area (Å²) in [6.45, 7) is 1.92. The maximum Gasteiger partial charge on any atom is 0.216 e. The van der Waals surface area contributed by atoms with E-state index in [0.717, 1.165) is 10.2 Å². The SMILES string of the molecule is CC(=O)NCCc1nnc(SCC(=O)c2ccc(Br)cc2)n1-c1ccc(Cl)cc1. The third kappa shape index (κ3) is 5.91. The van der Waals surface area contributed by atoms with E-state index < -0.39 is 0 Å². The number of nitrogens with zero attached hydrogens (tertiary/aromatic N) is 3. The van der Waals surface area contributed by atoms with Gasteiger partial charge in [-0.05, 0) is 36.4 Å². The van der Waals surface area contributed by atoms with Gasteiger partial charge in [0.15, 0.2) is 10.9 Å². The summed E-state index contributed by atoms with van der Waals surface area (Å²) in [5.74, 6) is 0.837. The van der Waals surface area contributed by atoms with Crippen LogP contribution in [0.4, 0.5) is 0 Å². The average Bonchev–Trinajstić information content (AvgIpc) is 3.10. The number of ketones is 1. The fourth-order valence-electron chi connectivity index (χ4n) is 2.60. The predicted molar refractivity (Wildman–Crippen MR) is 118 cm³/mol. The number of aromatic nitrogens is 3. The van der Waals surface area contributed by atoms with Crippen molar-refractivity contribution in [2.75, 3.05) is 12.3 Å². The van der Waals surface area contributed by atoms with Gasteiger partial charge in [0, 0.05) is 40.6 Å². The summed E-state index contributed by atoms with van der Waals surface area (Å²) in [7, 11) is 0. The zero-order valence-electron chi connectivity index (χ0n) is 15.6. The molecule has 1 N–H and O–H groups in total. The molecule has 0 aliphatic heterocycles. The first kappa shape index (κ1) is 21.5. The van der Waals surface area contributed by atoms with Gasteiger partial charge >= 0.3 is 0 Å². The Kier molecular flexibility index (Phi) is 7.46. The molecule has 0 atom stereocenters. The van der Waals surface area contributed by atoms with Crippen LogP contribution in [0.2, 0.25) is 5.02 Å². The maximum absolute atomic E-state index is 12.5. The normalized spacial score (nSPS) is 10.7. The molecule has 3 aromatic rings. The third-order valence-corrected chi connectivity index (χ3v) is 5.72. The number of thioether (sulfide) groups is 1. The highest BCUT2D eigenvalue weighted by Crippen LogP contribution is 2.24. The van der Waals surface area contributed by atoms with Crippen molar-refractivity contribution in [1.29, 1.82) is 0 Å². The monoisotopic (exact) mass is 492 g/mol. The van der Waals surface area contributed by atoms with Crippen LogP contribution in [0.15, 0.2) is 58.2 Å². The molecule has 0 saturated carbocycles. The fourth-order valence-corrected chi connectivity index (χ4v) is 3.86. The molecular weight excluding hydrogens is 476 g/mol. The molecule has 3 rings (SSSR count). The van der Waals surface area contributed by atoms with Crippen molar-refractivity contribution in [3.8, 4) is 5.69 Å². The molecular formula is C20H18BrClN4O2S. The first-order valence-corrected chi connectivity index (χ1v) is 11.0. The minimum absolute atomic E-state index is 0.00736. The molecule has 1 aromatic heterocycles. The summed E-state index contributed by atoms with van der Waals surface area (Å²) >= 11 is 10.7. The number of hydrogen-bond acceptors (Lipinski definition) is 5. The Hall–Kier alpha value is -2.16. The lowest BCUT2D eigenvalue weighted by atomic mass is 10.2. The molecule has 2 aromatic carbocycles. The standard InChI is InChI=1S/C20H18BrClN4O2S/c1-13(27)23-11-10-19-24-25-20(26(19)17-8-6-16(22)7-9-17)29-12-18(28)14-2-4-15(21)5-3-14/h2-9H,10-12H2,1H3,(H,23,27). The Morgan fingerprint density at radius 1 is 1.10 bits per heavy atom. The van der Waals surface area contributed by atoms with Crippen molar-refractivity contribution in [2.24, 2.45) is 0 Å². The van der Waals surface area contributed by atoms with Gasteiger partial charge < -0.3 is 5.32 Å². The van der Waals surface area contributed by atoms with Gasteiger partial charge in [-0.15, -0.1) is 10.2 Å². The zero-order chi connectivity index (χ0) is 20.8. The fraction of sp³-hybridized carbons (Fsp3) is 0.200. The van der Waals surface area contributed by atoms with Crippen LogP contribution in [0.1, 0.15) is 23.1 Å². The van der Waals surface area contributed by atoms with E-state index in [9.17, 15) is 9.59 Å². The molecule has 29 heavy (non-hydrogen) atoms.